The predicted octanol–water partition coefficient (Wildman–Crippen LogP) is 3.99. The smallest absolute Gasteiger partial charge is 0.315 e. The summed E-state index contributed by atoms with van der Waals surface area (Å²) < 4.78 is 5.46. The SMILES string of the molecule is CCCCCC(C)NC(=O)NCc1ccccc1COCC. The first kappa shape index (κ1) is 18.5. The molecule has 0 saturated carbocycles. The number of hydrogen-bond acceptors (Lipinski definition) is 2. The fourth-order valence-corrected chi connectivity index (χ4v) is 2.31. The fourth-order valence-electron chi connectivity index (χ4n) is 2.31. The molecule has 1 unspecified atom stereocenters. The Balaban J connectivity index is 2.37. The summed E-state index contributed by atoms with van der Waals surface area (Å²) in [6.07, 6.45) is 4.62. The largest absolute Gasteiger partial charge is 0.377 e. The minimum Gasteiger partial charge on any atom is -0.377 e. The molecule has 1 atom stereocenters. The van der Waals surface area contributed by atoms with E-state index in [9.17, 15) is 4.79 Å². The van der Waals surface area contributed by atoms with Crippen molar-refractivity contribution in [1.29, 1.82) is 0 Å². The molecule has 0 fully saturated rings. The second kappa shape index (κ2) is 11.1. The van der Waals surface area contributed by atoms with Gasteiger partial charge in [-0.15, -0.1) is 0 Å². The van der Waals surface area contributed by atoms with Gasteiger partial charge >= 0.3 is 6.03 Å². The molecule has 0 saturated heterocycles. The van der Waals surface area contributed by atoms with E-state index in [-0.39, 0.29) is 12.1 Å². The van der Waals surface area contributed by atoms with Crippen molar-refractivity contribution in [3.05, 3.63) is 35.4 Å². The summed E-state index contributed by atoms with van der Waals surface area (Å²) in [6.45, 7) is 8.02. The topological polar surface area (TPSA) is 50.4 Å². The van der Waals surface area contributed by atoms with Crippen molar-refractivity contribution in [2.45, 2.75) is 65.6 Å². The quantitative estimate of drug-likeness (QED) is 0.642. The summed E-state index contributed by atoms with van der Waals surface area (Å²) >= 11 is 0. The van der Waals surface area contributed by atoms with Gasteiger partial charge in [0.25, 0.3) is 0 Å². The van der Waals surface area contributed by atoms with E-state index in [1.165, 1.54) is 12.8 Å². The van der Waals surface area contributed by atoms with Crippen molar-refractivity contribution >= 4 is 6.03 Å². The summed E-state index contributed by atoms with van der Waals surface area (Å²) in [4.78, 5) is 11.9. The summed E-state index contributed by atoms with van der Waals surface area (Å²) in [5.41, 5.74) is 2.23. The molecule has 2 amide bonds. The average Bonchev–Trinajstić information content (AvgIpc) is 2.52. The monoisotopic (exact) mass is 306 g/mol. The van der Waals surface area contributed by atoms with Crippen LogP contribution >= 0.6 is 0 Å². The molecule has 2 N–H and O–H groups in total. The molecule has 0 radical (unpaired) electrons. The van der Waals surface area contributed by atoms with Crippen molar-refractivity contribution in [2.75, 3.05) is 6.61 Å². The van der Waals surface area contributed by atoms with Crippen LogP contribution in [0.25, 0.3) is 0 Å². The van der Waals surface area contributed by atoms with E-state index < -0.39 is 0 Å². The molecule has 0 aliphatic heterocycles. The van der Waals surface area contributed by atoms with Gasteiger partial charge in [0, 0.05) is 19.2 Å². The third-order valence-electron chi connectivity index (χ3n) is 3.64. The van der Waals surface area contributed by atoms with E-state index in [2.05, 4.69) is 24.5 Å². The average molecular weight is 306 g/mol. The fraction of sp³-hybridized carbons (Fsp3) is 0.611. The van der Waals surface area contributed by atoms with Crippen LogP contribution in [0.5, 0.6) is 0 Å². The number of benzene rings is 1. The number of urea groups is 1. The lowest BCUT2D eigenvalue weighted by Crippen LogP contribution is -2.40. The van der Waals surface area contributed by atoms with E-state index in [1.807, 2.05) is 31.2 Å². The second-order valence-corrected chi connectivity index (χ2v) is 5.63. The van der Waals surface area contributed by atoms with Crippen molar-refractivity contribution in [3.63, 3.8) is 0 Å². The van der Waals surface area contributed by atoms with Gasteiger partial charge in [-0.1, -0.05) is 50.5 Å². The van der Waals surface area contributed by atoms with Crippen LogP contribution in [0.4, 0.5) is 4.79 Å². The Morgan fingerprint density at radius 1 is 1.18 bits per heavy atom. The Bertz CT molecular complexity index is 435. The molecule has 1 rings (SSSR count). The molecule has 22 heavy (non-hydrogen) atoms. The highest BCUT2D eigenvalue weighted by Gasteiger charge is 2.08. The maximum atomic E-state index is 11.9. The van der Waals surface area contributed by atoms with Gasteiger partial charge in [-0.3, -0.25) is 0 Å². The Labute approximate surface area is 134 Å². The molecule has 124 valence electrons. The standard InChI is InChI=1S/C18H30N2O2/c1-4-6-7-10-15(3)20-18(21)19-13-16-11-8-9-12-17(16)14-22-5-2/h8-9,11-12,15H,4-7,10,13-14H2,1-3H3,(H2,19,20,21). The first-order valence-electron chi connectivity index (χ1n) is 8.36. The summed E-state index contributed by atoms with van der Waals surface area (Å²) in [6, 6.07) is 8.16. The number of nitrogens with one attached hydrogen (secondary N) is 2. The van der Waals surface area contributed by atoms with Crippen LogP contribution in [0, 0.1) is 0 Å². The Morgan fingerprint density at radius 2 is 1.91 bits per heavy atom. The van der Waals surface area contributed by atoms with Crippen LogP contribution in [0.1, 0.15) is 57.6 Å². The van der Waals surface area contributed by atoms with Gasteiger partial charge in [-0.25, -0.2) is 4.79 Å². The first-order valence-corrected chi connectivity index (χ1v) is 8.36. The zero-order chi connectivity index (χ0) is 16.2. The molecular formula is C18H30N2O2. The Hall–Kier alpha value is -1.55. The summed E-state index contributed by atoms with van der Waals surface area (Å²) in [5.74, 6) is 0. The van der Waals surface area contributed by atoms with E-state index in [0.29, 0.717) is 19.8 Å². The first-order chi connectivity index (χ1) is 10.7. The predicted molar refractivity (Wildman–Crippen MR) is 90.7 cm³/mol. The molecule has 1 aromatic rings. The number of carbonyl (C=O) groups is 1. The maximum Gasteiger partial charge on any atom is 0.315 e. The van der Waals surface area contributed by atoms with Crippen molar-refractivity contribution in [3.8, 4) is 0 Å². The van der Waals surface area contributed by atoms with Crippen LogP contribution in [-0.4, -0.2) is 18.7 Å². The number of amides is 2. The summed E-state index contributed by atoms with van der Waals surface area (Å²) in [7, 11) is 0. The number of ether oxygens (including phenoxy) is 1. The molecule has 0 bridgehead atoms. The van der Waals surface area contributed by atoms with Crippen LogP contribution in [-0.2, 0) is 17.9 Å². The molecule has 0 heterocycles. The maximum absolute atomic E-state index is 11.9. The second-order valence-electron chi connectivity index (χ2n) is 5.63. The number of hydrogen-bond donors (Lipinski definition) is 2. The van der Waals surface area contributed by atoms with Crippen molar-refractivity contribution in [2.24, 2.45) is 0 Å². The van der Waals surface area contributed by atoms with Gasteiger partial charge in [0.1, 0.15) is 0 Å². The highest BCUT2D eigenvalue weighted by Crippen LogP contribution is 2.10. The van der Waals surface area contributed by atoms with Gasteiger partial charge in [-0.05, 0) is 31.4 Å². The molecule has 1 aromatic carbocycles. The lowest BCUT2D eigenvalue weighted by atomic mass is 10.1. The van der Waals surface area contributed by atoms with Gasteiger partial charge in [0.05, 0.1) is 6.61 Å². The lowest BCUT2D eigenvalue weighted by molar-refractivity contribution is 0.133. The lowest BCUT2D eigenvalue weighted by Gasteiger charge is -2.15. The number of rotatable bonds is 10. The van der Waals surface area contributed by atoms with E-state index in [4.69, 9.17) is 4.74 Å². The highest BCUT2D eigenvalue weighted by atomic mass is 16.5. The molecule has 0 aliphatic carbocycles. The van der Waals surface area contributed by atoms with Crippen LogP contribution in [0.2, 0.25) is 0 Å². The van der Waals surface area contributed by atoms with Gasteiger partial charge in [-0.2, -0.15) is 0 Å². The van der Waals surface area contributed by atoms with E-state index >= 15 is 0 Å². The zero-order valence-corrected chi connectivity index (χ0v) is 14.2. The van der Waals surface area contributed by atoms with Crippen LogP contribution < -0.4 is 10.6 Å². The molecule has 0 spiro atoms. The normalized spacial score (nSPS) is 12.0. The summed E-state index contributed by atoms with van der Waals surface area (Å²) in [5, 5.41) is 5.92. The third-order valence-corrected chi connectivity index (χ3v) is 3.64. The van der Waals surface area contributed by atoms with Crippen molar-refractivity contribution < 1.29 is 9.53 Å². The van der Waals surface area contributed by atoms with Gasteiger partial charge in [0.2, 0.25) is 0 Å². The Morgan fingerprint density at radius 3 is 2.59 bits per heavy atom. The molecule has 0 aliphatic rings. The van der Waals surface area contributed by atoms with E-state index in [0.717, 1.165) is 24.0 Å². The number of unbranched alkanes of at least 4 members (excludes halogenated alkanes) is 2. The minimum absolute atomic E-state index is 0.102. The highest BCUT2D eigenvalue weighted by molar-refractivity contribution is 5.74. The molecule has 4 heteroatoms. The molecular weight excluding hydrogens is 276 g/mol. The van der Waals surface area contributed by atoms with Crippen LogP contribution in [0.3, 0.4) is 0 Å². The van der Waals surface area contributed by atoms with Crippen LogP contribution in [0.15, 0.2) is 24.3 Å². The number of carbonyl (C=O) groups excluding carboxylic acids is 1. The zero-order valence-electron chi connectivity index (χ0n) is 14.2. The van der Waals surface area contributed by atoms with E-state index in [1.54, 1.807) is 0 Å². The minimum atomic E-state index is -0.102. The molecule has 4 nitrogen and oxygen atoms in total. The Kier molecular flexibility index (Phi) is 9.31. The third kappa shape index (κ3) is 7.46. The molecule has 0 aromatic heterocycles. The van der Waals surface area contributed by atoms with Crippen molar-refractivity contribution in [1.82, 2.24) is 10.6 Å². The van der Waals surface area contributed by atoms with Gasteiger partial charge < -0.3 is 15.4 Å². The van der Waals surface area contributed by atoms with Gasteiger partial charge in [0.15, 0.2) is 0 Å².